The fourth-order valence-electron chi connectivity index (χ4n) is 2.38. The maximum absolute atomic E-state index is 12.3. The van der Waals surface area contributed by atoms with Gasteiger partial charge in [0, 0.05) is 35.9 Å². The molecule has 2 rings (SSSR count). The Kier molecular flexibility index (Phi) is 5.92. The normalized spacial score (nSPS) is 10.6. The van der Waals surface area contributed by atoms with Crippen molar-refractivity contribution < 1.29 is 14.3 Å². The second kappa shape index (κ2) is 7.92. The predicted molar refractivity (Wildman–Crippen MR) is 89.1 cm³/mol. The zero-order chi connectivity index (χ0) is 16.8. The summed E-state index contributed by atoms with van der Waals surface area (Å²) in [5.74, 6) is -0.367. The van der Waals surface area contributed by atoms with E-state index < -0.39 is 0 Å². The predicted octanol–water partition coefficient (Wildman–Crippen LogP) is 2.62. The van der Waals surface area contributed by atoms with Gasteiger partial charge < -0.3 is 10.1 Å². The van der Waals surface area contributed by atoms with Crippen LogP contribution >= 0.6 is 11.3 Å². The van der Waals surface area contributed by atoms with E-state index in [0.717, 1.165) is 16.5 Å². The Morgan fingerprint density at radius 2 is 2.17 bits per heavy atom. The summed E-state index contributed by atoms with van der Waals surface area (Å²) in [6.45, 7) is 6.46. The first-order valence-electron chi connectivity index (χ1n) is 7.57. The topological polar surface area (TPSA) is 73.2 Å². The third-order valence-corrected chi connectivity index (χ3v) is 4.19. The average Bonchev–Trinajstić information content (AvgIpc) is 3.12. The molecule has 0 spiro atoms. The zero-order valence-corrected chi connectivity index (χ0v) is 14.4. The van der Waals surface area contributed by atoms with E-state index in [1.54, 1.807) is 13.1 Å². The molecule has 23 heavy (non-hydrogen) atoms. The number of ether oxygens (including phenoxy) is 1. The molecule has 0 aromatic carbocycles. The van der Waals surface area contributed by atoms with Crippen molar-refractivity contribution in [2.45, 2.75) is 33.6 Å². The molecule has 0 bridgehead atoms. The van der Waals surface area contributed by atoms with Gasteiger partial charge in [0.1, 0.15) is 0 Å². The first kappa shape index (κ1) is 17.2. The van der Waals surface area contributed by atoms with Crippen LogP contribution in [0.5, 0.6) is 0 Å². The number of hydrogen-bond acceptors (Lipinski definition) is 5. The fraction of sp³-hybridized carbons (Fsp3) is 0.438. The van der Waals surface area contributed by atoms with Crippen LogP contribution in [0.2, 0.25) is 0 Å². The van der Waals surface area contributed by atoms with Gasteiger partial charge in [-0.3, -0.25) is 14.2 Å². The van der Waals surface area contributed by atoms with Crippen molar-refractivity contribution in [3.8, 4) is 5.13 Å². The van der Waals surface area contributed by atoms with Crippen molar-refractivity contribution in [1.29, 1.82) is 0 Å². The highest BCUT2D eigenvalue weighted by molar-refractivity contribution is 7.12. The molecule has 0 fully saturated rings. The van der Waals surface area contributed by atoms with E-state index in [1.165, 1.54) is 11.3 Å². The molecule has 7 heteroatoms. The number of hydrogen-bond donors (Lipinski definition) is 1. The first-order chi connectivity index (χ1) is 11.0. The number of amides is 1. The minimum atomic E-state index is -0.233. The Hall–Kier alpha value is -2.15. The molecule has 0 unspecified atom stereocenters. The summed E-state index contributed by atoms with van der Waals surface area (Å²) in [6, 6.07) is 1.86. The summed E-state index contributed by atoms with van der Waals surface area (Å²) < 4.78 is 6.82. The summed E-state index contributed by atoms with van der Waals surface area (Å²) in [7, 11) is 0. The van der Waals surface area contributed by atoms with Crippen LogP contribution in [0.1, 0.15) is 41.5 Å². The minimum absolute atomic E-state index is 0.134. The molecule has 2 aromatic heterocycles. The number of nitrogens with zero attached hydrogens (tertiary/aromatic N) is 2. The molecule has 1 amide bonds. The van der Waals surface area contributed by atoms with Crippen LogP contribution in [0.3, 0.4) is 0 Å². The third kappa shape index (κ3) is 4.19. The monoisotopic (exact) mass is 335 g/mol. The van der Waals surface area contributed by atoms with Gasteiger partial charge in [-0.1, -0.05) is 0 Å². The third-order valence-electron chi connectivity index (χ3n) is 3.43. The van der Waals surface area contributed by atoms with E-state index in [2.05, 4.69) is 10.3 Å². The molecule has 0 aliphatic rings. The Morgan fingerprint density at radius 1 is 1.39 bits per heavy atom. The van der Waals surface area contributed by atoms with Crippen molar-refractivity contribution in [3.63, 3.8) is 0 Å². The smallest absolute Gasteiger partial charge is 0.305 e. The molecule has 1 N–H and O–H groups in total. The van der Waals surface area contributed by atoms with Crippen molar-refractivity contribution in [1.82, 2.24) is 14.9 Å². The number of esters is 1. The number of aryl methyl sites for hydroxylation is 1. The van der Waals surface area contributed by atoms with Crippen LogP contribution in [-0.2, 0) is 9.53 Å². The number of thiazole rings is 1. The van der Waals surface area contributed by atoms with E-state index in [1.807, 2.05) is 29.9 Å². The van der Waals surface area contributed by atoms with Gasteiger partial charge in [0.15, 0.2) is 5.13 Å². The molecule has 0 aliphatic heterocycles. The van der Waals surface area contributed by atoms with Crippen molar-refractivity contribution in [2.75, 3.05) is 13.2 Å². The average molecular weight is 335 g/mol. The van der Waals surface area contributed by atoms with Crippen LogP contribution in [0.25, 0.3) is 5.13 Å². The molecule has 0 saturated heterocycles. The molecular weight excluding hydrogens is 314 g/mol. The Balaban J connectivity index is 1.96. The Bertz CT molecular complexity index is 677. The van der Waals surface area contributed by atoms with Gasteiger partial charge in [-0.25, -0.2) is 4.98 Å². The van der Waals surface area contributed by atoms with Gasteiger partial charge in [-0.15, -0.1) is 11.3 Å². The molecule has 6 nitrogen and oxygen atoms in total. The number of nitrogens with one attached hydrogen (secondary N) is 1. The van der Waals surface area contributed by atoms with Gasteiger partial charge in [0.05, 0.1) is 12.2 Å². The quantitative estimate of drug-likeness (QED) is 0.623. The number of rotatable bonds is 7. The molecule has 0 atom stereocenters. The summed E-state index contributed by atoms with van der Waals surface area (Å²) in [5, 5.41) is 5.60. The van der Waals surface area contributed by atoms with E-state index in [9.17, 15) is 9.59 Å². The Morgan fingerprint density at radius 3 is 2.83 bits per heavy atom. The van der Waals surface area contributed by atoms with Gasteiger partial charge >= 0.3 is 5.97 Å². The lowest BCUT2D eigenvalue weighted by Gasteiger charge is -2.07. The number of aromatic nitrogens is 2. The maximum Gasteiger partial charge on any atom is 0.305 e. The minimum Gasteiger partial charge on any atom is -0.466 e. The highest BCUT2D eigenvalue weighted by Gasteiger charge is 2.17. The maximum atomic E-state index is 12.3. The van der Waals surface area contributed by atoms with Gasteiger partial charge in [0.2, 0.25) is 0 Å². The number of carbonyl (C=O) groups is 2. The highest BCUT2D eigenvalue weighted by atomic mass is 32.1. The molecular formula is C16H21N3O3S. The van der Waals surface area contributed by atoms with Crippen molar-refractivity contribution in [3.05, 3.63) is 34.6 Å². The molecule has 0 radical (unpaired) electrons. The van der Waals surface area contributed by atoms with Crippen LogP contribution < -0.4 is 5.32 Å². The molecule has 2 aromatic rings. The SMILES string of the molecule is CCOC(=O)CCCNC(=O)c1cc(C)n(-c2nccs2)c1C. The molecule has 0 saturated carbocycles. The molecule has 124 valence electrons. The molecule has 2 heterocycles. The van der Waals surface area contributed by atoms with Crippen molar-refractivity contribution in [2.24, 2.45) is 0 Å². The molecule has 0 aliphatic carbocycles. The lowest BCUT2D eigenvalue weighted by molar-refractivity contribution is -0.143. The first-order valence-corrected chi connectivity index (χ1v) is 8.45. The van der Waals surface area contributed by atoms with Gasteiger partial charge in [0.25, 0.3) is 5.91 Å². The van der Waals surface area contributed by atoms with E-state index >= 15 is 0 Å². The van der Waals surface area contributed by atoms with Crippen LogP contribution in [-0.4, -0.2) is 34.6 Å². The van der Waals surface area contributed by atoms with E-state index in [-0.39, 0.29) is 11.9 Å². The van der Waals surface area contributed by atoms with Gasteiger partial charge in [-0.2, -0.15) is 0 Å². The van der Waals surface area contributed by atoms with Crippen LogP contribution in [0.4, 0.5) is 0 Å². The lowest BCUT2D eigenvalue weighted by Crippen LogP contribution is -2.25. The second-order valence-corrected chi connectivity index (χ2v) is 5.97. The summed E-state index contributed by atoms with van der Waals surface area (Å²) >= 11 is 1.53. The highest BCUT2D eigenvalue weighted by Crippen LogP contribution is 2.22. The standard InChI is InChI=1S/C16H21N3O3S/c1-4-22-14(20)6-5-7-17-15(21)13-10-11(2)19(12(13)3)16-18-8-9-23-16/h8-10H,4-7H2,1-3H3,(H,17,21). The van der Waals surface area contributed by atoms with E-state index in [0.29, 0.717) is 31.6 Å². The number of carbonyl (C=O) groups excluding carboxylic acids is 2. The summed E-state index contributed by atoms with van der Waals surface area (Å²) in [6.07, 6.45) is 2.62. The lowest BCUT2D eigenvalue weighted by atomic mass is 10.2. The van der Waals surface area contributed by atoms with Crippen molar-refractivity contribution >= 4 is 23.2 Å². The second-order valence-electron chi connectivity index (χ2n) is 5.10. The summed E-state index contributed by atoms with van der Waals surface area (Å²) in [5.41, 5.74) is 2.46. The van der Waals surface area contributed by atoms with Crippen LogP contribution in [0.15, 0.2) is 17.6 Å². The zero-order valence-electron chi connectivity index (χ0n) is 13.6. The summed E-state index contributed by atoms with van der Waals surface area (Å²) in [4.78, 5) is 27.9. The van der Waals surface area contributed by atoms with E-state index in [4.69, 9.17) is 4.74 Å². The Labute approximate surface area is 139 Å². The fourth-order valence-corrected chi connectivity index (χ4v) is 3.13. The van der Waals surface area contributed by atoms with Gasteiger partial charge in [-0.05, 0) is 33.3 Å². The van der Waals surface area contributed by atoms with Crippen LogP contribution in [0, 0.1) is 13.8 Å². The largest absolute Gasteiger partial charge is 0.466 e.